The average Bonchev–Trinajstić information content (AvgIpc) is 2.65. The lowest BCUT2D eigenvalue weighted by Gasteiger charge is -2.19. The molecule has 0 amide bonds. The van der Waals surface area contributed by atoms with Crippen molar-refractivity contribution in [2.75, 3.05) is 31.7 Å². The van der Waals surface area contributed by atoms with Crippen molar-refractivity contribution in [2.24, 2.45) is 0 Å². The van der Waals surface area contributed by atoms with Gasteiger partial charge in [0.05, 0.1) is 13.0 Å². The average molecular weight is 235 g/mol. The van der Waals surface area contributed by atoms with Crippen LogP contribution in [-0.2, 0) is 9.53 Å². The van der Waals surface area contributed by atoms with E-state index in [4.69, 9.17) is 9.84 Å². The molecule has 1 aliphatic rings. The Balaban J connectivity index is 2.17. The van der Waals surface area contributed by atoms with Gasteiger partial charge in [0, 0.05) is 31.8 Å². The fourth-order valence-electron chi connectivity index (χ4n) is 2.38. The highest BCUT2D eigenvalue weighted by molar-refractivity contribution is 5.71. The Morgan fingerprint density at radius 3 is 3.00 bits per heavy atom. The van der Waals surface area contributed by atoms with Crippen molar-refractivity contribution in [1.82, 2.24) is 0 Å². The van der Waals surface area contributed by atoms with Crippen LogP contribution in [0.1, 0.15) is 17.9 Å². The van der Waals surface area contributed by atoms with Crippen LogP contribution >= 0.6 is 0 Å². The second kappa shape index (κ2) is 5.19. The molecule has 1 unspecified atom stereocenters. The smallest absolute Gasteiger partial charge is 0.304 e. The van der Waals surface area contributed by atoms with E-state index >= 15 is 0 Å². The van der Waals surface area contributed by atoms with Crippen molar-refractivity contribution < 1.29 is 14.6 Å². The van der Waals surface area contributed by atoms with E-state index in [-0.39, 0.29) is 12.3 Å². The van der Waals surface area contributed by atoms with Crippen LogP contribution in [0.25, 0.3) is 0 Å². The summed E-state index contributed by atoms with van der Waals surface area (Å²) in [5.74, 6) is -0.640. The second-order valence-corrected chi connectivity index (χ2v) is 4.29. The van der Waals surface area contributed by atoms with E-state index in [1.165, 1.54) is 0 Å². The molecule has 0 saturated heterocycles. The molecule has 0 radical (unpaired) electrons. The molecule has 1 aromatic rings. The molecule has 1 N–H and O–H groups in total. The number of rotatable bonds is 5. The molecule has 0 saturated carbocycles. The molecule has 92 valence electrons. The molecule has 0 fully saturated rings. The molecule has 4 heteroatoms. The van der Waals surface area contributed by atoms with Gasteiger partial charge in [-0.15, -0.1) is 0 Å². The van der Waals surface area contributed by atoms with Crippen molar-refractivity contribution >= 4 is 11.7 Å². The van der Waals surface area contributed by atoms with Gasteiger partial charge in [-0.1, -0.05) is 18.2 Å². The van der Waals surface area contributed by atoms with Crippen LogP contribution in [0.4, 0.5) is 5.69 Å². The van der Waals surface area contributed by atoms with E-state index < -0.39 is 5.97 Å². The Morgan fingerprint density at radius 1 is 1.53 bits per heavy atom. The molecule has 1 aromatic carbocycles. The Kier molecular flexibility index (Phi) is 3.64. The third-order valence-corrected chi connectivity index (χ3v) is 3.14. The molecule has 2 rings (SSSR count). The van der Waals surface area contributed by atoms with E-state index in [1.807, 2.05) is 24.3 Å². The number of fused-ring (bicyclic) bond motifs is 1. The zero-order valence-corrected chi connectivity index (χ0v) is 9.93. The molecule has 0 bridgehead atoms. The summed E-state index contributed by atoms with van der Waals surface area (Å²) < 4.78 is 5.08. The zero-order valence-electron chi connectivity index (χ0n) is 9.93. The van der Waals surface area contributed by atoms with E-state index in [1.54, 1.807) is 7.11 Å². The van der Waals surface area contributed by atoms with Gasteiger partial charge in [0.1, 0.15) is 0 Å². The Labute approximate surface area is 101 Å². The number of para-hydroxylation sites is 1. The maximum atomic E-state index is 10.8. The summed E-state index contributed by atoms with van der Waals surface area (Å²) in [7, 11) is 1.68. The molecule has 1 atom stereocenters. The summed E-state index contributed by atoms with van der Waals surface area (Å²) >= 11 is 0. The molecule has 17 heavy (non-hydrogen) atoms. The monoisotopic (exact) mass is 235 g/mol. The summed E-state index contributed by atoms with van der Waals surface area (Å²) in [6.45, 7) is 2.24. The third-order valence-electron chi connectivity index (χ3n) is 3.14. The first-order valence-corrected chi connectivity index (χ1v) is 5.77. The number of anilines is 1. The van der Waals surface area contributed by atoms with Gasteiger partial charge in [0.25, 0.3) is 0 Å². The number of hydrogen-bond donors (Lipinski definition) is 1. The van der Waals surface area contributed by atoms with Crippen LogP contribution in [0.2, 0.25) is 0 Å². The number of benzene rings is 1. The normalized spacial score (nSPS) is 18.2. The summed E-state index contributed by atoms with van der Waals surface area (Å²) in [5.41, 5.74) is 2.29. The fraction of sp³-hybridized carbons (Fsp3) is 0.462. The minimum atomic E-state index is -0.738. The van der Waals surface area contributed by atoms with Crippen LogP contribution < -0.4 is 4.90 Å². The topological polar surface area (TPSA) is 49.8 Å². The van der Waals surface area contributed by atoms with Crippen LogP contribution in [0.15, 0.2) is 24.3 Å². The maximum Gasteiger partial charge on any atom is 0.304 e. The number of carbonyl (C=O) groups is 1. The summed E-state index contributed by atoms with van der Waals surface area (Å²) in [6, 6.07) is 8.03. The first-order chi connectivity index (χ1) is 8.22. The minimum absolute atomic E-state index is 0.0977. The van der Waals surface area contributed by atoms with E-state index in [9.17, 15) is 4.79 Å². The van der Waals surface area contributed by atoms with E-state index in [0.717, 1.165) is 24.3 Å². The number of nitrogens with zero attached hydrogens (tertiary/aromatic N) is 1. The van der Waals surface area contributed by atoms with Crippen molar-refractivity contribution in [3.05, 3.63) is 29.8 Å². The van der Waals surface area contributed by atoms with Gasteiger partial charge in [-0.3, -0.25) is 4.79 Å². The second-order valence-electron chi connectivity index (χ2n) is 4.29. The number of carboxylic acids is 1. The van der Waals surface area contributed by atoms with Crippen LogP contribution in [0, 0.1) is 0 Å². The van der Waals surface area contributed by atoms with Gasteiger partial charge in [-0.05, 0) is 11.6 Å². The predicted octanol–water partition coefficient (Wildman–Crippen LogP) is 1.71. The van der Waals surface area contributed by atoms with Gasteiger partial charge in [-0.25, -0.2) is 0 Å². The van der Waals surface area contributed by atoms with Crippen LogP contribution in [0.5, 0.6) is 0 Å². The number of methoxy groups -OCH3 is 1. The SMILES string of the molecule is COCCN1CC(CC(=O)O)c2ccccc21. The highest BCUT2D eigenvalue weighted by atomic mass is 16.5. The molecule has 0 aromatic heterocycles. The molecule has 0 spiro atoms. The van der Waals surface area contributed by atoms with E-state index in [0.29, 0.717) is 6.61 Å². The maximum absolute atomic E-state index is 10.8. The third kappa shape index (κ3) is 2.58. The molecular formula is C13H17NO3. The Bertz CT molecular complexity index is 405. The Morgan fingerprint density at radius 2 is 2.29 bits per heavy atom. The summed E-state index contributed by atoms with van der Waals surface area (Å²) in [4.78, 5) is 13.0. The number of aliphatic carboxylic acids is 1. The zero-order chi connectivity index (χ0) is 12.3. The predicted molar refractivity (Wildman–Crippen MR) is 65.5 cm³/mol. The van der Waals surface area contributed by atoms with Gasteiger partial charge in [0.2, 0.25) is 0 Å². The van der Waals surface area contributed by atoms with Crippen molar-refractivity contribution in [1.29, 1.82) is 0 Å². The molecule has 4 nitrogen and oxygen atoms in total. The van der Waals surface area contributed by atoms with Crippen molar-refractivity contribution in [3.63, 3.8) is 0 Å². The van der Waals surface area contributed by atoms with Gasteiger partial charge >= 0.3 is 5.97 Å². The lowest BCUT2D eigenvalue weighted by Crippen LogP contribution is -2.26. The van der Waals surface area contributed by atoms with Gasteiger partial charge in [-0.2, -0.15) is 0 Å². The van der Waals surface area contributed by atoms with Crippen molar-refractivity contribution in [3.8, 4) is 0 Å². The molecule has 1 heterocycles. The number of carboxylic acid groups (broad SMARTS) is 1. The Hall–Kier alpha value is -1.55. The highest BCUT2D eigenvalue weighted by Crippen LogP contribution is 2.37. The minimum Gasteiger partial charge on any atom is -0.481 e. The van der Waals surface area contributed by atoms with E-state index in [2.05, 4.69) is 4.90 Å². The first kappa shape index (κ1) is 11.9. The van der Waals surface area contributed by atoms with Gasteiger partial charge in [0.15, 0.2) is 0 Å². The lowest BCUT2D eigenvalue weighted by atomic mass is 9.98. The van der Waals surface area contributed by atoms with Crippen LogP contribution in [0.3, 0.4) is 0 Å². The van der Waals surface area contributed by atoms with Crippen molar-refractivity contribution in [2.45, 2.75) is 12.3 Å². The quantitative estimate of drug-likeness (QED) is 0.844. The van der Waals surface area contributed by atoms with Crippen LogP contribution in [-0.4, -0.2) is 37.9 Å². The standard InChI is InChI=1S/C13H17NO3/c1-17-7-6-14-9-10(8-13(15)16)11-4-2-3-5-12(11)14/h2-5,10H,6-9H2,1H3,(H,15,16). The lowest BCUT2D eigenvalue weighted by molar-refractivity contribution is -0.137. The van der Waals surface area contributed by atoms with Gasteiger partial charge < -0.3 is 14.7 Å². The molecular weight excluding hydrogens is 218 g/mol. The number of ether oxygens (including phenoxy) is 1. The fourth-order valence-corrected chi connectivity index (χ4v) is 2.38. The molecule has 1 aliphatic heterocycles. The summed E-state index contributed by atoms with van der Waals surface area (Å²) in [6.07, 6.45) is 0.195. The largest absolute Gasteiger partial charge is 0.481 e. The summed E-state index contributed by atoms with van der Waals surface area (Å²) in [5, 5.41) is 8.92. The molecule has 0 aliphatic carbocycles. The number of hydrogen-bond acceptors (Lipinski definition) is 3. The highest BCUT2D eigenvalue weighted by Gasteiger charge is 2.29. The first-order valence-electron chi connectivity index (χ1n) is 5.77.